The highest BCUT2D eigenvalue weighted by Crippen LogP contribution is 2.38. The molecule has 4 aromatic rings. The fraction of sp³-hybridized carbons (Fsp3) is 0.400. The Hall–Kier alpha value is -3.40. The molecule has 228 valence electrons. The molecule has 0 radical (unpaired) electrons. The highest BCUT2D eigenvalue weighted by Gasteiger charge is 2.21. The zero-order valence-electron chi connectivity index (χ0n) is 26.9. The van der Waals surface area contributed by atoms with Gasteiger partial charge in [0.2, 0.25) is 0 Å². The Labute approximate surface area is 261 Å². The summed E-state index contributed by atoms with van der Waals surface area (Å²) in [5.74, 6) is 1.91. The molecule has 0 amide bonds. The van der Waals surface area contributed by atoms with Crippen molar-refractivity contribution < 1.29 is 4.74 Å². The van der Waals surface area contributed by atoms with Crippen molar-refractivity contribution in [3.63, 3.8) is 0 Å². The molecule has 4 aromatic carbocycles. The average molecular weight is 577 g/mol. The van der Waals surface area contributed by atoms with Crippen LogP contribution in [0.4, 0.5) is 0 Å². The monoisotopic (exact) mass is 576 g/mol. The summed E-state index contributed by atoms with van der Waals surface area (Å²) in [6.07, 6.45) is 11.3. The molecule has 43 heavy (non-hydrogen) atoms. The van der Waals surface area contributed by atoms with Crippen molar-refractivity contribution in [3.8, 4) is 11.5 Å². The summed E-state index contributed by atoms with van der Waals surface area (Å²) < 4.78 is 7.05. The summed E-state index contributed by atoms with van der Waals surface area (Å²) in [6, 6.07) is 35.4. The second-order valence-electron chi connectivity index (χ2n) is 11.7. The molecule has 0 aliphatic rings. The molecule has 0 heterocycles. The highest BCUT2D eigenvalue weighted by molar-refractivity contribution is 5.51. The van der Waals surface area contributed by atoms with Gasteiger partial charge >= 0.3 is 0 Å². The van der Waals surface area contributed by atoms with Crippen molar-refractivity contribution in [2.75, 3.05) is 14.1 Å². The molecule has 0 aromatic heterocycles. The lowest BCUT2D eigenvalue weighted by atomic mass is 9.90. The number of hydrogen-bond donors (Lipinski definition) is 2. The molecule has 2 unspecified atom stereocenters. The van der Waals surface area contributed by atoms with Gasteiger partial charge in [0, 0.05) is 36.1 Å². The summed E-state index contributed by atoms with van der Waals surface area (Å²) in [7, 11) is 4.18. The fourth-order valence-corrected chi connectivity index (χ4v) is 6.21. The molecular formula is C40H52N2O. The van der Waals surface area contributed by atoms with Crippen LogP contribution < -0.4 is 15.4 Å². The number of rotatable bonds is 18. The standard InChI is InChI=1S/C40H52N2O/c1-5-7-11-25-37(41-3)33-23-17-27-39(35(33)29-31-19-13-9-14-20-31)43-40-28-18-24-34(38(42-4)26-12-8-6-2)36(40)30-32-21-15-10-16-22-32/h9-10,13-24,27-28,37-38,41-42H,5-8,11-12,25-26,29-30H2,1-4H3. The van der Waals surface area contributed by atoms with Crippen molar-refractivity contribution in [1.29, 1.82) is 0 Å². The van der Waals surface area contributed by atoms with Crippen molar-refractivity contribution >= 4 is 0 Å². The molecule has 0 saturated heterocycles. The van der Waals surface area contributed by atoms with Crippen LogP contribution in [0.25, 0.3) is 0 Å². The van der Waals surface area contributed by atoms with Gasteiger partial charge < -0.3 is 15.4 Å². The minimum atomic E-state index is 0.288. The van der Waals surface area contributed by atoms with Crippen molar-refractivity contribution in [2.45, 2.75) is 90.1 Å². The first-order valence-corrected chi connectivity index (χ1v) is 16.5. The van der Waals surface area contributed by atoms with Crippen LogP contribution in [0.5, 0.6) is 11.5 Å². The van der Waals surface area contributed by atoms with Crippen molar-refractivity contribution in [2.24, 2.45) is 0 Å². The van der Waals surface area contributed by atoms with Gasteiger partial charge in [-0.15, -0.1) is 0 Å². The third-order valence-corrected chi connectivity index (χ3v) is 8.65. The van der Waals surface area contributed by atoms with Gasteiger partial charge in [-0.1, -0.05) is 137 Å². The fourth-order valence-electron chi connectivity index (χ4n) is 6.21. The summed E-state index contributed by atoms with van der Waals surface area (Å²) in [6.45, 7) is 4.54. The SMILES string of the molecule is CCCCCC(NC)c1cccc(Oc2cccc(C(CCCCC)NC)c2Cc2ccccc2)c1Cc1ccccc1. The molecule has 0 spiro atoms. The first-order chi connectivity index (χ1) is 21.2. The summed E-state index contributed by atoms with van der Waals surface area (Å²) in [5.41, 5.74) is 7.82. The van der Waals surface area contributed by atoms with E-state index in [9.17, 15) is 0 Å². The number of hydrogen-bond acceptors (Lipinski definition) is 3. The van der Waals surface area contributed by atoms with E-state index in [1.165, 1.54) is 71.9 Å². The maximum Gasteiger partial charge on any atom is 0.131 e. The third-order valence-electron chi connectivity index (χ3n) is 8.65. The Morgan fingerprint density at radius 3 is 1.30 bits per heavy atom. The summed E-state index contributed by atoms with van der Waals surface area (Å²) >= 11 is 0. The quantitative estimate of drug-likeness (QED) is 0.116. The van der Waals surface area contributed by atoms with Crippen LogP contribution in [-0.2, 0) is 12.8 Å². The Bertz CT molecular complexity index is 1250. The highest BCUT2D eigenvalue weighted by atomic mass is 16.5. The van der Waals surface area contributed by atoms with Gasteiger partial charge in [-0.05, 0) is 61.3 Å². The number of unbranched alkanes of at least 4 members (excludes halogenated alkanes) is 4. The normalized spacial score (nSPS) is 12.7. The van der Waals surface area contributed by atoms with Crippen molar-refractivity contribution in [1.82, 2.24) is 10.6 Å². The van der Waals surface area contributed by atoms with E-state index in [4.69, 9.17) is 4.74 Å². The predicted octanol–water partition coefficient (Wildman–Crippen LogP) is 10.3. The van der Waals surface area contributed by atoms with E-state index in [1.54, 1.807) is 0 Å². The maximum absolute atomic E-state index is 7.05. The maximum atomic E-state index is 7.05. The van der Waals surface area contributed by atoms with Gasteiger partial charge in [0.1, 0.15) is 11.5 Å². The Kier molecular flexibility index (Phi) is 13.3. The third kappa shape index (κ3) is 9.29. The van der Waals surface area contributed by atoms with Crippen LogP contribution in [0.1, 0.15) is 111 Å². The van der Waals surface area contributed by atoms with Gasteiger partial charge in [-0.3, -0.25) is 0 Å². The molecule has 0 aliphatic carbocycles. The zero-order chi connectivity index (χ0) is 30.3. The Morgan fingerprint density at radius 2 is 0.930 bits per heavy atom. The van der Waals surface area contributed by atoms with E-state index < -0.39 is 0 Å². The molecule has 3 nitrogen and oxygen atoms in total. The van der Waals surface area contributed by atoms with E-state index >= 15 is 0 Å². The van der Waals surface area contributed by atoms with E-state index in [0.717, 1.165) is 37.2 Å². The van der Waals surface area contributed by atoms with Crippen LogP contribution in [0.3, 0.4) is 0 Å². The lowest BCUT2D eigenvalue weighted by Crippen LogP contribution is -2.19. The lowest BCUT2D eigenvalue weighted by Gasteiger charge is -2.25. The predicted molar refractivity (Wildman–Crippen MR) is 183 cm³/mol. The number of nitrogens with one attached hydrogen (secondary N) is 2. The molecule has 0 saturated carbocycles. The summed E-state index contributed by atoms with van der Waals surface area (Å²) in [5, 5.41) is 7.26. The zero-order valence-corrected chi connectivity index (χ0v) is 26.9. The van der Waals surface area contributed by atoms with Gasteiger partial charge in [-0.25, -0.2) is 0 Å². The van der Waals surface area contributed by atoms with Crippen LogP contribution >= 0.6 is 0 Å². The number of benzene rings is 4. The van der Waals surface area contributed by atoms with Crippen LogP contribution in [0.2, 0.25) is 0 Å². The van der Waals surface area contributed by atoms with E-state index in [1.807, 2.05) is 0 Å². The van der Waals surface area contributed by atoms with E-state index in [0.29, 0.717) is 0 Å². The van der Waals surface area contributed by atoms with Gasteiger partial charge in [0.15, 0.2) is 0 Å². The largest absolute Gasteiger partial charge is 0.457 e. The molecule has 3 heteroatoms. The summed E-state index contributed by atoms with van der Waals surface area (Å²) in [4.78, 5) is 0. The molecule has 2 atom stereocenters. The van der Waals surface area contributed by atoms with Gasteiger partial charge in [0.05, 0.1) is 0 Å². The van der Waals surface area contributed by atoms with Gasteiger partial charge in [-0.2, -0.15) is 0 Å². The van der Waals surface area contributed by atoms with Crippen molar-refractivity contribution in [3.05, 3.63) is 130 Å². The lowest BCUT2D eigenvalue weighted by molar-refractivity contribution is 0.458. The van der Waals surface area contributed by atoms with Crippen LogP contribution in [0.15, 0.2) is 97.1 Å². The molecule has 0 aliphatic heterocycles. The van der Waals surface area contributed by atoms with Gasteiger partial charge in [0.25, 0.3) is 0 Å². The molecule has 0 bridgehead atoms. The first-order valence-electron chi connectivity index (χ1n) is 16.5. The molecule has 0 fully saturated rings. The first kappa shape index (κ1) is 32.5. The van der Waals surface area contributed by atoms with Crippen LogP contribution in [0, 0.1) is 0 Å². The second-order valence-corrected chi connectivity index (χ2v) is 11.7. The average Bonchev–Trinajstić information content (AvgIpc) is 3.04. The molecular weight excluding hydrogens is 524 g/mol. The minimum Gasteiger partial charge on any atom is -0.457 e. The van der Waals surface area contributed by atoms with E-state index in [-0.39, 0.29) is 12.1 Å². The Balaban J connectivity index is 1.78. The topological polar surface area (TPSA) is 33.3 Å². The minimum absolute atomic E-state index is 0.288. The number of ether oxygens (including phenoxy) is 1. The molecule has 4 rings (SSSR count). The smallest absolute Gasteiger partial charge is 0.131 e. The van der Waals surface area contributed by atoms with E-state index in [2.05, 4.69) is 136 Å². The second kappa shape index (κ2) is 17.7. The van der Waals surface area contributed by atoms with Crippen LogP contribution in [-0.4, -0.2) is 14.1 Å². The molecule has 2 N–H and O–H groups in total. The Morgan fingerprint density at radius 1 is 0.512 bits per heavy atom.